The van der Waals surface area contributed by atoms with Gasteiger partial charge in [0.05, 0.1) is 27.4 Å². The molecule has 1 amide bonds. The molecule has 8 nitrogen and oxygen atoms in total. The van der Waals surface area contributed by atoms with E-state index in [2.05, 4.69) is 10.1 Å². The summed E-state index contributed by atoms with van der Waals surface area (Å²) >= 11 is 0. The minimum absolute atomic E-state index is 0.0823. The highest BCUT2D eigenvalue weighted by Crippen LogP contribution is 2.47. The third-order valence-electron chi connectivity index (χ3n) is 4.49. The number of hydrogen-bond acceptors (Lipinski definition) is 6. The lowest BCUT2D eigenvalue weighted by Gasteiger charge is -2.10. The Hall–Kier alpha value is -2.61. The Bertz CT molecular complexity index is 783. The number of aromatic nitrogens is 3. The van der Waals surface area contributed by atoms with Crippen LogP contribution in [0, 0.1) is 0 Å². The maximum absolute atomic E-state index is 11.8. The van der Waals surface area contributed by atoms with Gasteiger partial charge < -0.3 is 20.3 Å². The minimum Gasteiger partial charge on any atom is -0.493 e. The zero-order valence-corrected chi connectivity index (χ0v) is 14.4. The van der Waals surface area contributed by atoms with Crippen molar-refractivity contribution >= 4 is 5.91 Å². The molecule has 1 heterocycles. The van der Waals surface area contributed by atoms with Gasteiger partial charge in [-0.2, -0.15) is 5.10 Å². The predicted molar refractivity (Wildman–Crippen MR) is 89.6 cm³/mol. The van der Waals surface area contributed by atoms with E-state index in [0.717, 1.165) is 5.56 Å². The first-order valence-corrected chi connectivity index (χ1v) is 8.10. The molecule has 3 rings (SSSR count). The van der Waals surface area contributed by atoms with Gasteiger partial charge in [0, 0.05) is 6.42 Å². The first-order chi connectivity index (χ1) is 12.0. The number of nitrogens with zero attached hydrogens (tertiary/aromatic N) is 3. The van der Waals surface area contributed by atoms with Crippen LogP contribution in [-0.4, -0.2) is 46.6 Å². The number of aliphatic hydroxyl groups excluding tert-OH is 1. The fourth-order valence-electron chi connectivity index (χ4n) is 2.95. The summed E-state index contributed by atoms with van der Waals surface area (Å²) in [4.78, 5) is 16.4. The monoisotopic (exact) mass is 346 g/mol. The molecule has 1 aromatic heterocycles. The number of amides is 1. The molecule has 25 heavy (non-hydrogen) atoms. The summed E-state index contributed by atoms with van der Waals surface area (Å²) in [7, 11) is 3.17. The highest BCUT2D eigenvalue weighted by molar-refractivity contribution is 5.88. The molecular formula is C17H22N4O4. The Morgan fingerprint density at radius 2 is 2.04 bits per heavy atom. The maximum Gasteiger partial charge on any atom is 0.231 e. The number of benzene rings is 1. The van der Waals surface area contributed by atoms with E-state index < -0.39 is 11.3 Å². The Kier molecular flexibility index (Phi) is 4.63. The summed E-state index contributed by atoms with van der Waals surface area (Å²) < 4.78 is 12.1. The van der Waals surface area contributed by atoms with Crippen LogP contribution in [0.1, 0.15) is 30.1 Å². The molecule has 0 saturated heterocycles. The molecule has 0 radical (unpaired) electrons. The molecule has 1 aromatic carbocycles. The van der Waals surface area contributed by atoms with Gasteiger partial charge in [-0.3, -0.25) is 4.79 Å². The summed E-state index contributed by atoms with van der Waals surface area (Å²) in [5.41, 5.74) is 5.76. The number of nitrogens with two attached hydrogens (primary N) is 1. The fraction of sp³-hybridized carbons (Fsp3) is 0.471. The van der Waals surface area contributed by atoms with E-state index in [1.54, 1.807) is 18.9 Å². The van der Waals surface area contributed by atoms with Crippen molar-refractivity contribution < 1.29 is 19.4 Å². The van der Waals surface area contributed by atoms with Crippen molar-refractivity contribution in [1.29, 1.82) is 0 Å². The van der Waals surface area contributed by atoms with Crippen molar-refractivity contribution in [3.05, 3.63) is 35.4 Å². The topological polar surface area (TPSA) is 112 Å². The van der Waals surface area contributed by atoms with E-state index >= 15 is 0 Å². The highest BCUT2D eigenvalue weighted by Gasteiger charge is 2.54. The van der Waals surface area contributed by atoms with Gasteiger partial charge in [0.1, 0.15) is 11.2 Å². The summed E-state index contributed by atoms with van der Waals surface area (Å²) in [5, 5.41) is 13.7. The second kappa shape index (κ2) is 6.72. The molecule has 0 bridgehead atoms. The zero-order chi connectivity index (χ0) is 18.0. The van der Waals surface area contributed by atoms with Crippen LogP contribution < -0.4 is 15.2 Å². The van der Waals surface area contributed by atoms with Gasteiger partial charge in [-0.15, -0.1) is 0 Å². The summed E-state index contributed by atoms with van der Waals surface area (Å²) in [6.07, 6.45) is 1.81. The smallest absolute Gasteiger partial charge is 0.231 e. The number of hydrogen-bond donors (Lipinski definition) is 2. The van der Waals surface area contributed by atoms with Crippen LogP contribution >= 0.6 is 0 Å². The molecule has 0 spiro atoms. The maximum atomic E-state index is 11.8. The van der Waals surface area contributed by atoms with E-state index in [0.29, 0.717) is 42.4 Å². The van der Waals surface area contributed by atoms with E-state index in [1.807, 2.05) is 18.2 Å². The van der Waals surface area contributed by atoms with E-state index in [9.17, 15) is 9.90 Å². The van der Waals surface area contributed by atoms with E-state index in [4.69, 9.17) is 15.2 Å². The second-order valence-corrected chi connectivity index (χ2v) is 6.11. The molecule has 134 valence electrons. The number of primary amides is 1. The van der Waals surface area contributed by atoms with Crippen LogP contribution in [0.4, 0.5) is 0 Å². The van der Waals surface area contributed by atoms with Crippen molar-refractivity contribution in [2.45, 2.75) is 31.2 Å². The Labute approximate surface area is 145 Å². The first kappa shape index (κ1) is 17.2. The SMILES string of the molecule is COc1ccc(Cc2nc(C3(C(N)=O)CC3)n(CCO)n2)cc1OC. The van der Waals surface area contributed by atoms with Crippen LogP contribution in [0.2, 0.25) is 0 Å². The third kappa shape index (κ3) is 3.17. The van der Waals surface area contributed by atoms with E-state index in [1.165, 1.54) is 0 Å². The number of aliphatic hydroxyl groups is 1. The normalized spacial score (nSPS) is 15.0. The van der Waals surface area contributed by atoms with Gasteiger partial charge in [0.2, 0.25) is 5.91 Å². The van der Waals surface area contributed by atoms with Gasteiger partial charge >= 0.3 is 0 Å². The van der Waals surface area contributed by atoms with Crippen LogP contribution in [0.5, 0.6) is 11.5 Å². The molecule has 0 atom stereocenters. The van der Waals surface area contributed by atoms with Crippen LogP contribution in [0.15, 0.2) is 18.2 Å². The molecule has 1 saturated carbocycles. The Balaban J connectivity index is 1.90. The predicted octanol–water partition coefficient (Wildman–Crippen LogP) is 0.395. The molecule has 8 heteroatoms. The molecule has 1 aliphatic carbocycles. The summed E-state index contributed by atoms with van der Waals surface area (Å²) in [6.45, 7) is 0.199. The zero-order valence-electron chi connectivity index (χ0n) is 14.4. The lowest BCUT2D eigenvalue weighted by atomic mass is 10.1. The van der Waals surface area contributed by atoms with Crippen molar-refractivity contribution in [3.8, 4) is 11.5 Å². The number of carbonyl (C=O) groups is 1. The number of carbonyl (C=O) groups excluding carboxylic acids is 1. The van der Waals surface area contributed by atoms with Crippen molar-refractivity contribution in [2.75, 3.05) is 20.8 Å². The average Bonchev–Trinajstić information content (AvgIpc) is 3.33. The van der Waals surface area contributed by atoms with Crippen molar-refractivity contribution in [2.24, 2.45) is 5.73 Å². The Morgan fingerprint density at radius 1 is 1.32 bits per heavy atom. The number of ether oxygens (including phenoxy) is 2. The largest absolute Gasteiger partial charge is 0.493 e. The van der Waals surface area contributed by atoms with Gasteiger partial charge in [-0.1, -0.05) is 6.07 Å². The second-order valence-electron chi connectivity index (χ2n) is 6.11. The van der Waals surface area contributed by atoms with E-state index in [-0.39, 0.29) is 13.2 Å². The number of rotatable bonds is 8. The lowest BCUT2D eigenvalue weighted by Crippen LogP contribution is -2.32. The highest BCUT2D eigenvalue weighted by atomic mass is 16.5. The summed E-state index contributed by atoms with van der Waals surface area (Å²) in [6, 6.07) is 5.60. The molecule has 3 N–H and O–H groups in total. The van der Waals surface area contributed by atoms with Gasteiger partial charge in [0.25, 0.3) is 0 Å². The molecule has 1 fully saturated rings. The van der Waals surface area contributed by atoms with Crippen LogP contribution in [0.3, 0.4) is 0 Å². The van der Waals surface area contributed by atoms with Gasteiger partial charge in [-0.25, -0.2) is 9.67 Å². The molecule has 0 unspecified atom stereocenters. The lowest BCUT2D eigenvalue weighted by molar-refractivity contribution is -0.120. The third-order valence-corrected chi connectivity index (χ3v) is 4.49. The van der Waals surface area contributed by atoms with Crippen LogP contribution in [-0.2, 0) is 23.2 Å². The number of methoxy groups -OCH3 is 2. The van der Waals surface area contributed by atoms with Crippen molar-refractivity contribution in [1.82, 2.24) is 14.8 Å². The van der Waals surface area contributed by atoms with Crippen LogP contribution in [0.25, 0.3) is 0 Å². The minimum atomic E-state index is -0.738. The quantitative estimate of drug-likeness (QED) is 0.715. The summed E-state index contributed by atoms with van der Waals surface area (Å²) in [5.74, 6) is 2.01. The molecule has 1 aliphatic rings. The molecular weight excluding hydrogens is 324 g/mol. The molecule has 0 aliphatic heterocycles. The first-order valence-electron chi connectivity index (χ1n) is 8.10. The fourth-order valence-corrected chi connectivity index (χ4v) is 2.95. The average molecular weight is 346 g/mol. The Morgan fingerprint density at radius 3 is 2.60 bits per heavy atom. The van der Waals surface area contributed by atoms with Gasteiger partial charge in [0.15, 0.2) is 17.3 Å². The standard InChI is InChI=1S/C17H22N4O4/c1-24-12-4-3-11(9-13(12)25-2)10-14-19-16(21(20-14)7-8-22)17(5-6-17)15(18)23/h3-4,9,22H,5-8,10H2,1-2H3,(H2,18,23). The molecule has 2 aromatic rings. The van der Waals surface area contributed by atoms with Gasteiger partial charge in [-0.05, 0) is 30.5 Å². The van der Waals surface area contributed by atoms with Crippen molar-refractivity contribution in [3.63, 3.8) is 0 Å².